The van der Waals surface area contributed by atoms with E-state index >= 15 is 0 Å². The summed E-state index contributed by atoms with van der Waals surface area (Å²) in [5.74, 6) is -0.0500. The van der Waals surface area contributed by atoms with Crippen LogP contribution in [-0.4, -0.2) is 40.2 Å². The molecule has 0 bridgehead atoms. The molecule has 0 spiro atoms. The van der Waals surface area contributed by atoms with E-state index in [1.165, 1.54) is 0 Å². The molecule has 188 valence electrons. The van der Waals surface area contributed by atoms with Crippen LogP contribution in [0.5, 0.6) is 5.75 Å². The minimum Gasteiger partial charge on any atom is -0.497 e. The minimum atomic E-state index is -0.777. The van der Waals surface area contributed by atoms with Crippen molar-refractivity contribution in [3.63, 3.8) is 0 Å². The van der Waals surface area contributed by atoms with Crippen LogP contribution in [0, 0.1) is 6.92 Å². The van der Waals surface area contributed by atoms with Gasteiger partial charge in [-0.25, -0.2) is 14.5 Å². The number of carbonyl (C=O) groups is 2. The van der Waals surface area contributed by atoms with Gasteiger partial charge in [0.2, 0.25) is 0 Å². The highest BCUT2D eigenvalue weighted by Crippen LogP contribution is 2.24. The number of rotatable bonds is 8. The molecule has 0 saturated heterocycles. The lowest BCUT2D eigenvalue weighted by atomic mass is 10.0. The first-order valence-corrected chi connectivity index (χ1v) is 12.1. The number of nitrogens with zero attached hydrogens (tertiary/aromatic N) is 3. The lowest BCUT2D eigenvalue weighted by Gasteiger charge is -2.07. The summed E-state index contributed by atoms with van der Waals surface area (Å²) in [6, 6.07) is 32.1. The Balaban J connectivity index is 1.35. The van der Waals surface area contributed by atoms with Crippen molar-refractivity contribution in [2.24, 2.45) is 0 Å². The molecule has 7 heteroatoms. The lowest BCUT2D eigenvalue weighted by Crippen LogP contribution is -2.15. The molecular weight excluding hydrogens is 478 g/mol. The number of Topliss-reactive ketones (excluding diaryl/α,β-unsaturated/α-hetero) is 1. The topological polar surface area (TPSA) is 83.3 Å². The lowest BCUT2D eigenvalue weighted by molar-refractivity contribution is 0.0462. The van der Waals surface area contributed by atoms with E-state index in [0.717, 1.165) is 22.3 Å². The molecule has 0 atom stereocenters. The van der Waals surface area contributed by atoms with Crippen molar-refractivity contribution < 1.29 is 19.1 Å². The molecule has 0 fully saturated rings. The van der Waals surface area contributed by atoms with Crippen molar-refractivity contribution in [3.05, 3.63) is 120 Å². The second-order valence-corrected chi connectivity index (χ2v) is 8.68. The van der Waals surface area contributed by atoms with Crippen molar-refractivity contribution in [1.29, 1.82) is 0 Å². The molecule has 38 heavy (non-hydrogen) atoms. The maximum atomic E-state index is 12.9. The number of ether oxygens (including phenoxy) is 2. The molecule has 0 aliphatic rings. The Hall–Kier alpha value is -5.04. The molecule has 5 aromatic rings. The number of aryl methyl sites for hydroxylation is 1. The van der Waals surface area contributed by atoms with Gasteiger partial charge in [0.25, 0.3) is 5.82 Å². The van der Waals surface area contributed by atoms with Gasteiger partial charge in [-0.05, 0) is 48.4 Å². The number of carbonyl (C=O) groups excluding carboxylic acids is 2. The number of aromatic nitrogens is 3. The molecule has 0 saturated carbocycles. The zero-order chi connectivity index (χ0) is 26.5. The van der Waals surface area contributed by atoms with Crippen LogP contribution in [0.15, 0.2) is 103 Å². The van der Waals surface area contributed by atoms with Crippen molar-refractivity contribution in [2.75, 3.05) is 13.7 Å². The van der Waals surface area contributed by atoms with Crippen LogP contribution in [0.2, 0.25) is 0 Å². The normalized spacial score (nSPS) is 10.7. The summed E-state index contributed by atoms with van der Waals surface area (Å²) in [5, 5.41) is 4.42. The molecule has 0 N–H and O–H groups in total. The number of esters is 1. The summed E-state index contributed by atoms with van der Waals surface area (Å²) in [6.45, 7) is 1.56. The Kier molecular flexibility index (Phi) is 7.08. The standard InChI is InChI=1S/C31H25N3O4/c1-21-7-6-10-25(19-21)30-32-29(33-34(30)26-15-17-27(37-2)18-16-26)31(36)38-20-28(35)24-13-11-23(12-14-24)22-8-4-3-5-9-22/h3-19H,20H2,1-2H3. The molecule has 1 heterocycles. The van der Waals surface area contributed by atoms with Gasteiger partial charge in [0.1, 0.15) is 5.75 Å². The second kappa shape index (κ2) is 10.9. The summed E-state index contributed by atoms with van der Waals surface area (Å²) in [6.07, 6.45) is 0. The van der Waals surface area contributed by atoms with Crippen molar-refractivity contribution in [3.8, 4) is 34.0 Å². The van der Waals surface area contributed by atoms with Crippen LogP contribution in [0.4, 0.5) is 0 Å². The summed E-state index contributed by atoms with van der Waals surface area (Å²) in [5.41, 5.74) is 5.04. The van der Waals surface area contributed by atoms with Crippen molar-refractivity contribution >= 4 is 11.8 Å². The number of benzene rings is 4. The van der Waals surface area contributed by atoms with Crippen molar-refractivity contribution in [1.82, 2.24) is 14.8 Å². The maximum Gasteiger partial charge on any atom is 0.378 e. The number of hydrogen-bond donors (Lipinski definition) is 0. The van der Waals surface area contributed by atoms with E-state index in [2.05, 4.69) is 10.1 Å². The molecule has 0 aliphatic carbocycles. The third kappa shape index (κ3) is 5.37. The van der Waals surface area contributed by atoms with Crippen LogP contribution in [0.1, 0.15) is 26.5 Å². The molecule has 1 aromatic heterocycles. The minimum absolute atomic E-state index is 0.135. The van der Waals surface area contributed by atoms with Crippen LogP contribution in [0.3, 0.4) is 0 Å². The predicted molar refractivity (Wildman–Crippen MR) is 145 cm³/mol. The van der Waals surface area contributed by atoms with Gasteiger partial charge in [-0.15, -0.1) is 5.10 Å². The van der Waals surface area contributed by atoms with Gasteiger partial charge in [0.05, 0.1) is 12.8 Å². The van der Waals surface area contributed by atoms with Gasteiger partial charge >= 0.3 is 5.97 Å². The summed E-state index contributed by atoms with van der Waals surface area (Å²) >= 11 is 0. The van der Waals surface area contributed by atoms with Gasteiger partial charge in [0, 0.05) is 11.1 Å². The monoisotopic (exact) mass is 503 g/mol. The van der Waals surface area contributed by atoms with E-state index in [1.54, 1.807) is 36.1 Å². The fourth-order valence-corrected chi connectivity index (χ4v) is 4.03. The zero-order valence-electron chi connectivity index (χ0n) is 21.0. The number of ketones is 1. The maximum absolute atomic E-state index is 12.9. The van der Waals surface area contributed by atoms with Crippen LogP contribution < -0.4 is 4.74 Å². The third-order valence-electron chi connectivity index (χ3n) is 6.03. The molecule has 0 unspecified atom stereocenters. The Morgan fingerprint density at radius 3 is 2.16 bits per heavy atom. The predicted octanol–water partition coefficient (Wildman–Crippen LogP) is 5.96. The quantitative estimate of drug-likeness (QED) is 0.192. The van der Waals surface area contributed by atoms with E-state index in [4.69, 9.17) is 9.47 Å². The Bertz CT molecular complexity index is 1570. The van der Waals surface area contributed by atoms with Gasteiger partial charge in [0.15, 0.2) is 18.2 Å². The van der Waals surface area contributed by atoms with Gasteiger partial charge in [-0.2, -0.15) is 0 Å². The zero-order valence-corrected chi connectivity index (χ0v) is 21.0. The fourth-order valence-electron chi connectivity index (χ4n) is 4.03. The third-order valence-corrected chi connectivity index (χ3v) is 6.03. The van der Waals surface area contributed by atoms with Crippen LogP contribution in [0.25, 0.3) is 28.2 Å². The largest absolute Gasteiger partial charge is 0.497 e. The van der Waals surface area contributed by atoms with Gasteiger partial charge in [-0.3, -0.25) is 4.79 Å². The summed E-state index contributed by atoms with van der Waals surface area (Å²) in [7, 11) is 1.59. The van der Waals surface area contributed by atoms with Gasteiger partial charge < -0.3 is 9.47 Å². The summed E-state index contributed by atoms with van der Waals surface area (Å²) in [4.78, 5) is 30.1. The molecule has 4 aromatic carbocycles. The molecule has 0 radical (unpaired) electrons. The first-order valence-electron chi connectivity index (χ1n) is 12.1. The first kappa shape index (κ1) is 24.6. The average Bonchev–Trinajstić information content (AvgIpc) is 3.42. The Labute approximate surface area is 220 Å². The van der Waals surface area contributed by atoms with E-state index < -0.39 is 12.6 Å². The van der Waals surface area contributed by atoms with Gasteiger partial charge in [-0.1, -0.05) is 78.4 Å². The summed E-state index contributed by atoms with van der Waals surface area (Å²) < 4.78 is 12.1. The van der Waals surface area contributed by atoms with Crippen LogP contribution >= 0.6 is 0 Å². The Morgan fingerprint density at radius 2 is 1.47 bits per heavy atom. The number of hydrogen-bond acceptors (Lipinski definition) is 6. The van der Waals surface area contributed by atoms with E-state index in [9.17, 15) is 9.59 Å². The molecule has 7 nitrogen and oxygen atoms in total. The molecule has 5 rings (SSSR count). The fraction of sp³-hybridized carbons (Fsp3) is 0.0968. The SMILES string of the molecule is COc1ccc(-n2nc(C(=O)OCC(=O)c3ccc(-c4ccccc4)cc3)nc2-c2cccc(C)c2)cc1. The highest BCUT2D eigenvalue weighted by atomic mass is 16.5. The highest BCUT2D eigenvalue weighted by Gasteiger charge is 2.21. The Morgan fingerprint density at radius 1 is 0.789 bits per heavy atom. The smallest absolute Gasteiger partial charge is 0.378 e. The second-order valence-electron chi connectivity index (χ2n) is 8.68. The van der Waals surface area contributed by atoms with Crippen molar-refractivity contribution in [2.45, 2.75) is 6.92 Å². The van der Waals surface area contributed by atoms with E-state index in [1.807, 2.05) is 85.8 Å². The average molecular weight is 504 g/mol. The molecular formula is C31H25N3O4. The van der Waals surface area contributed by atoms with E-state index in [0.29, 0.717) is 22.8 Å². The van der Waals surface area contributed by atoms with Crippen LogP contribution in [-0.2, 0) is 4.74 Å². The molecule has 0 aliphatic heterocycles. The highest BCUT2D eigenvalue weighted by molar-refractivity contribution is 5.99. The van der Waals surface area contributed by atoms with E-state index in [-0.39, 0.29) is 11.6 Å². The first-order chi connectivity index (χ1) is 18.5. The number of methoxy groups -OCH3 is 1. The molecule has 0 amide bonds.